The standard InChI is InChI=1S/C14H30.CH2O3/c1-3-5-7-9-11-13-14-12-10-8-6-4-2;2-1-4-3/h3-14H2,1-2H3;1,3H. The number of hydrogen-bond donors (Lipinski definition) is 1. The zero-order valence-corrected chi connectivity index (χ0v) is 12.3. The van der Waals surface area contributed by atoms with Crippen molar-refractivity contribution in [1.82, 2.24) is 0 Å². The lowest BCUT2D eigenvalue weighted by Gasteiger charge is -2.01. The van der Waals surface area contributed by atoms with E-state index in [1.54, 1.807) is 0 Å². The summed E-state index contributed by atoms with van der Waals surface area (Å²) < 4.78 is 0. The van der Waals surface area contributed by atoms with Gasteiger partial charge in [0.15, 0.2) is 0 Å². The van der Waals surface area contributed by atoms with E-state index in [1.807, 2.05) is 0 Å². The van der Waals surface area contributed by atoms with Gasteiger partial charge in [-0.1, -0.05) is 90.9 Å². The van der Waals surface area contributed by atoms with Gasteiger partial charge in [-0.2, -0.15) is 0 Å². The maximum Gasteiger partial charge on any atom is 0.330 e. The van der Waals surface area contributed by atoms with Crippen LogP contribution in [-0.4, -0.2) is 11.7 Å². The Balaban J connectivity index is 0. The van der Waals surface area contributed by atoms with Crippen molar-refractivity contribution in [2.45, 2.75) is 90.9 Å². The van der Waals surface area contributed by atoms with Crippen molar-refractivity contribution in [3.8, 4) is 0 Å². The first-order valence-electron chi connectivity index (χ1n) is 7.57. The first-order chi connectivity index (χ1) is 8.83. The van der Waals surface area contributed by atoms with Crippen LogP contribution in [-0.2, 0) is 9.68 Å². The molecule has 0 bridgehead atoms. The van der Waals surface area contributed by atoms with Crippen LogP contribution in [0.2, 0.25) is 0 Å². The molecule has 0 unspecified atom stereocenters. The van der Waals surface area contributed by atoms with Crippen LogP contribution in [0.25, 0.3) is 0 Å². The van der Waals surface area contributed by atoms with E-state index < -0.39 is 0 Å². The second kappa shape index (κ2) is 21.7. The van der Waals surface area contributed by atoms with Gasteiger partial charge in [-0.25, -0.2) is 5.26 Å². The Labute approximate surface area is 113 Å². The van der Waals surface area contributed by atoms with E-state index in [0.717, 1.165) is 0 Å². The van der Waals surface area contributed by atoms with Crippen LogP contribution in [0.15, 0.2) is 0 Å². The van der Waals surface area contributed by atoms with E-state index >= 15 is 0 Å². The Hall–Kier alpha value is -0.570. The Morgan fingerprint density at radius 3 is 1.11 bits per heavy atom. The molecule has 0 heterocycles. The fraction of sp³-hybridized carbons (Fsp3) is 0.933. The summed E-state index contributed by atoms with van der Waals surface area (Å²) in [7, 11) is 0. The topological polar surface area (TPSA) is 46.5 Å². The average molecular weight is 260 g/mol. The van der Waals surface area contributed by atoms with Gasteiger partial charge < -0.3 is 4.89 Å². The third kappa shape index (κ3) is 24.6. The zero-order valence-electron chi connectivity index (χ0n) is 12.3. The van der Waals surface area contributed by atoms with E-state index in [1.165, 1.54) is 77.0 Å². The van der Waals surface area contributed by atoms with E-state index in [2.05, 4.69) is 18.7 Å². The summed E-state index contributed by atoms with van der Waals surface area (Å²) in [5, 5.41) is 7.01. The molecule has 0 spiro atoms. The van der Waals surface area contributed by atoms with Gasteiger partial charge >= 0.3 is 6.47 Å². The summed E-state index contributed by atoms with van der Waals surface area (Å²) in [5.74, 6) is 0. The third-order valence-electron chi connectivity index (χ3n) is 3.00. The summed E-state index contributed by atoms with van der Waals surface area (Å²) in [5.41, 5.74) is 0. The van der Waals surface area contributed by atoms with Crippen LogP contribution in [0, 0.1) is 0 Å². The molecule has 0 fully saturated rings. The van der Waals surface area contributed by atoms with Crippen LogP contribution in [0.4, 0.5) is 0 Å². The molecule has 0 amide bonds. The fourth-order valence-corrected chi connectivity index (χ4v) is 1.91. The normalized spacial score (nSPS) is 9.50. The minimum Gasteiger partial charge on any atom is -0.304 e. The Bertz CT molecular complexity index is 126. The van der Waals surface area contributed by atoms with Crippen LogP contribution >= 0.6 is 0 Å². The predicted molar refractivity (Wildman–Crippen MR) is 76.5 cm³/mol. The van der Waals surface area contributed by atoms with Gasteiger partial charge in [-0.15, -0.1) is 0 Å². The molecule has 0 aliphatic rings. The van der Waals surface area contributed by atoms with Crippen molar-refractivity contribution in [2.24, 2.45) is 0 Å². The van der Waals surface area contributed by atoms with Crippen LogP contribution in [0.1, 0.15) is 90.9 Å². The number of rotatable bonds is 12. The van der Waals surface area contributed by atoms with Crippen LogP contribution < -0.4 is 0 Å². The van der Waals surface area contributed by atoms with Gasteiger partial charge in [-0.05, 0) is 0 Å². The van der Waals surface area contributed by atoms with Gasteiger partial charge in [0.2, 0.25) is 0 Å². The Morgan fingerprint density at radius 1 is 0.722 bits per heavy atom. The molecule has 0 saturated heterocycles. The summed E-state index contributed by atoms with van der Waals surface area (Å²) in [6.45, 7) is 4.50. The first-order valence-corrected chi connectivity index (χ1v) is 7.57. The second-order valence-corrected chi connectivity index (χ2v) is 4.74. The molecule has 18 heavy (non-hydrogen) atoms. The monoisotopic (exact) mass is 260 g/mol. The highest BCUT2D eigenvalue weighted by molar-refractivity contribution is 5.35. The van der Waals surface area contributed by atoms with E-state index in [0.29, 0.717) is 0 Å². The quantitative estimate of drug-likeness (QED) is 0.223. The minimum atomic E-state index is -0.0694. The molecule has 0 rings (SSSR count). The highest BCUT2D eigenvalue weighted by Crippen LogP contribution is 2.11. The summed E-state index contributed by atoms with van der Waals surface area (Å²) in [6.07, 6.45) is 17.4. The van der Waals surface area contributed by atoms with Crippen molar-refractivity contribution < 1.29 is 14.9 Å². The molecule has 0 aromatic rings. The molecule has 0 atom stereocenters. The van der Waals surface area contributed by atoms with Gasteiger partial charge in [0, 0.05) is 0 Å². The maximum absolute atomic E-state index is 8.70. The summed E-state index contributed by atoms with van der Waals surface area (Å²) in [6, 6.07) is 0. The van der Waals surface area contributed by atoms with Gasteiger partial charge in [0.25, 0.3) is 0 Å². The number of unbranched alkanes of at least 4 members (excludes halogenated alkanes) is 11. The SMILES string of the molecule is CCCCCCCCCCCCCC.O=COO. The molecule has 0 aliphatic carbocycles. The van der Waals surface area contributed by atoms with E-state index in [-0.39, 0.29) is 6.47 Å². The Morgan fingerprint density at radius 2 is 0.944 bits per heavy atom. The van der Waals surface area contributed by atoms with E-state index in [9.17, 15) is 0 Å². The maximum atomic E-state index is 8.70. The smallest absolute Gasteiger partial charge is 0.304 e. The van der Waals surface area contributed by atoms with Crippen LogP contribution in [0.3, 0.4) is 0 Å². The van der Waals surface area contributed by atoms with Gasteiger partial charge in [0.1, 0.15) is 0 Å². The fourth-order valence-electron chi connectivity index (χ4n) is 1.91. The molecule has 3 heteroatoms. The molecule has 0 aromatic heterocycles. The molecule has 0 radical (unpaired) electrons. The molecular weight excluding hydrogens is 228 g/mol. The summed E-state index contributed by atoms with van der Waals surface area (Å²) >= 11 is 0. The second-order valence-electron chi connectivity index (χ2n) is 4.74. The minimum absolute atomic E-state index is 0.0694. The van der Waals surface area contributed by atoms with Crippen molar-refractivity contribution >= 4 is 6.47 Å². The third-order valence-corrected chi connectivity index (χ3v) is 3.00. The predicted octanol–water partition coefficient (Wildman–Crippen LogP) is 5.34. The van der Waals surface area contributed by atoms with Gasteiger partial charge in [-0.3, -0.25) is 4.79 Å². The lowest BCUT2D eigenvalue weighted by molar-refractivity contribution is -0.217. The highest BCUT2D eigenvalue weighted by Gasteiger charge is 1.91. The molecule has 0 aliphatic heterocycles. The van der Waals surface area contributed by atoms with Crippen molar-refractivity contribution in [3.05, 3.63) is 0 Å². The first kappa shape index (κ1) is 19.8. The molecule has 0 aromatic carbocycles. The van der Waals surface area contributed by atoms with Crippen molar-refractivity contribution in [3.63, 3.8) is 0 Å². The summed E-state index contributed by atoms with van der Waals surface area (Å²) in [4.78, 5) is 11.6. The highest BCUT2D eigenvalue weighted by atomic mass is 17.1. The molecule has 110 valence electrons. The molecule has 1 N–H and O–H groups in total. The molecule has 0 saturated carbocycles. The van der Waals surface area contributed by atoms with Crippen LogP contribution in [0.5, 0.6) is 0 Å². The molecule has 3 nitrogen and oxygen atoms in total. The number of hydrogen-bond acceptors (Lipinski definition) is 3. The largest absolute Gasteiger partial charge is 0.330 e. The Kier molecular flexibility index (Phi) is 23.8. The lowest BCUT2D eigenvalue weighted by Crippen LogP contribution is -1.81. The number of carbonyl (C=O) groups is 1. The van der Waals surface area contributed by atoms with Gasteiger partial charge in [0.05, 0.1) is 0 Å². The van der Waals surface area contributed by atoms with Crippen molar-refractivity contribution in [1.29, 1.82) is 0 Å². The number of carbonyl (C=O) groups excluding carboxylic acids is 1. The zero-order chi connectivity index (χ0) is 13.9. The lowest BCUT2D eigenvalue weighted by atomic mass is 10.1. The molecular formula is C15H32O3. The van der Waals surface area contributed by atoms with E-state index in [4.69, 9.17) is 10.1 Å². The van der Waals surface area contributed by atoms with Crippen molar-refractivity contribution in [2.75, 3.05) is 0 Å². The average Bonchev–Trinajstić information content (AvgIpc) is 2.41.